The van der Waals surface area contributed by atoms with Gasteiger partial charge in [-0.05, 0) is 12.5 Å². The Morgan fingerprint density at radius 2 is 1.94 bits per heavy atom. The Labute approximate surface area is 94.8 Å². The van der Waals surface area contributed by atoms with E-state index in [1.54, 1.807) is 0 Å². The zero-order valence-electron chi connectivity index (χ0n) is 9.27. The van der Waals surface area contributed by atoms with Gasteiger partial charge in [0.1, 0.15) is 5.78 Å². The molecule has 3 N–H and O–H groups in total. The van der Waals surface area contributed by atoms with Gasteiger partial charge in [-0.1, -0.05) is 30.3 Å². The SMILES string of the molecule is CC(=O)CC(NC(=O)CN)c1ccccc1. The van der Waals surface area contributed by atoms with E-state index < -0.39 is 0 Å². The van der Waals surface area contributed by atoms with Gasteiger partial charge in [-0.25, -0.2) is 0 Å². The first-order chi connectivity index (χ1) is 7.63. The molecule has 1 unspecified atom stereocenters. The van der Waals surface area contributed by atoms with E-state index in [1.807, 2.05) is 30.3 Å². The van der Waals surface area contributed by atoms with Crippen molar-refractivity contribution >= 4 is 11.7 Å². The van der Waals surface area contributed by atoms with Gasteiger partial charge in [0.2, 0.25) is 5.91 Å². The molecule has 0 spiro atoms. The number of nitrogens with two attached hydrogens (primary N) is 1. The molecule has 4 nitrogen and oxygen atoms in total. The van der Waals surface area contributed by atoms with E-state index in [4.69, 9.17) is 5.73 Å². The van der Waals surface area contributed by atoms with Crippen LogP contribution in [0.3, 0.4) is 0 Å². The van der Waals surface area contributed by atoms with Crippen molar-refractivity contribution in [1.29, 1.82) is 0 Å². The topological polar surface area (TPSA) is 72.2 Å². The van der Waals surface area contributed by atoms with Gasteiger partial charge in [0.15, 0.2) is 0 Å². The van der Waals surface area contributed by atoms with Crippen LogP contribution >= 0.6 is 0 Å². The smallest absolute Gasteiger partial charge is 0.234 e. The van der Waals surface area contributed by atoms with Gasteiger partial charge in [-0.15, -0.1) is 0 Å². The highest BCUT2D eigenvalue weighted by Gasteiger charge is 2.15. The Morgan fingerprint density at radius 3 is 2.44 bits per heavy atom. The lowest BCUT2D eigenvalue weighted by atomic mass is 10.0. The van der Waals surface area contributed by atoms with Crippen LogP contribution in [0.25, 0.3) is 0 Å². The van der Waals surface area contributed by atoms with E-state index >= 15 is 0 Å². The van der Waals surface area contributed by atoms with E-state index in [2.05, 4.69) is 5.32 Å². The second-order valence-corrected chi connectivity index (χ2v) is 3.64. The molecular formula is C12H16N2O2. The van der Waals surface area contributed by atoms with Crippen molar-refractivity contribution in [2.75, 3.05) is 6.54 Å². The Kier molecular flexibility index (Phi) is 4.66. The standard InChI is InChI=1S/C12H16N2O2/c1-9(15)7-11(14-12(16)8-13)10-5-3-2-4-6-10/h2-6,11H,7-8,13H2,1H3,(H,14,16). The molecule has 0 heterocycles. The third-order valence-electron chi connectivity index (χ3n) is 2.21. The summed E-state index contributed by atoms with van der Waals surface area (Å²) in [6.45, 7) is 1.44. The van der Waals surface area contributed by atoms with Crippen LogP contribution < -0.4 is 11.1 Å². The molecule has 0 radical (unpaired) electrons. The van der Waals surface area contributed by atoms with Gasteiger partial charge in [0.05, 0.1) is 12.6 Å². The quantitative estimate of drug-likeness (QED) is 0.770. The Hall–Kier alpha value is -1.68. The number of rotatable bonds is 5. The predicted octanol–water partition coefficient (Wildman–Crippen LogP) is 0.782. The first-order valence-corrected chi connectivity index (χ1v) is 5.17. The maximum Gasteiger partial charge on any atom is 0.234 e. The van der Waals surface area contributed by atoms with Crippen molar-refractivity contribution in [3.63, 3.8) is 0 Å². The van der Waals surface area contributed by atoms with Crippen molar-refractivity contribution in [3.05, 3.63) is 35.9 Å². The zero-order valence-corrected chi connectivity index (χ0v) is 9.27. The minimum Gasteiger partial charge on any atom is -0.348 e. The average Bonchev–Trinajstić information content (AvgIpc) is 2.28. The molecule has 0 aliphatic rings. The van der Waals surface area contributed by atoms with Crippen LogP contribution in [0.5, 0.6) is 0 Å². The maximum absolute atomic E-state index is 11.2. The number of Topliss-reactive ketones (excluding diaryl/α,β-unsaturated/α-hetero) is 1. The summed E-state index contributed by atoms with van der Waals surface area (Å²) in [6.07, 6.45) is 0.287. The van der Waals surface area contributed by atoms with Crippen LogP contribution in [0.1, 0.15) is 24.9 Å². The number of ketones is 1. The summed E-state index contributed by atoms with van der Waals surface area (Å²) < 4.78 is 0. The summed E-state index contributed by atoms with van der Waals surface area (Å²) in [4.78, 5) is 22.3. The van der Waals surface area contributed by atoms with Crippen molar-refractivity contribution in [2.24, 2.45) is 5.73 Å². The number of benzene rings is 1. The molecule has 0 aromatic heterocycles. The van der Waals surface area contributed by atoms with Crippen LogP contribution in [-0.2, 0) is 9.59 Å². The third-order valence-corrected chi connectivity index (χ3v) is 2.21. The summed E-state index contributed by atoms with van der Waals surface area (Å²) >= 11 is 0. The van der Waals surface area contributed by atoms with Gasteiger partial charge in [0.25, 0.3) is 0 Å². The number of carbonyl (C=O) groups excluding carboxylic acids is 2. The first-order valence-electron chi connectivity index (χ1n) is 5.17. The summed E-state index contributed by atoms with van der Waals surface area (Å²) in [5.74, 6) is -0.221. The second-order valence-electron chi connectivity index (χ2n) is 3.64. The van der Waals surface area contributed by atoms with Crippen LogP contribution in [-0.4, -0.2) is 18.2 Å². The lowest BCUT2D eigenvalue weighted by molar-refractivity contribution is -0.121. The van der Waals surface area contributed by atoms with Gasteiger partial charge in [0, 0.05) is 6.42 Å². The van der Waals surface area contributed by atoms with Crippen LogP contribution in [0.15, 0.2) is 30.3 Å². The Bertz CT molecular complexity index is 363. The molecule has 1 aromatic rings. The highest BCUT2D eigenvalue weighted by molar-refractivity contribution is 5.80. The second kappa shape index (κ2) is 6.02. The molecule has 16 heavy (non-hydrogen) atoms. The normalized spacial score (nSPS) is 11.9. The monoisotopic (exact) mass is 220 g/mol. The summed E-state index contributed by atoms with van der Waals surface area (Å²) in [6, 6.07) is 9.11. The van der Waals surface area contributed by atoms with Gasteiger partial charge in [-0.3, -0.25) is 9.59 Å². The molecule has 0 saturated carbocycles. The Morgan fingerprint density at radius 1 is 1.31 bits per heavy atom. The molecule has 0 saturated heterocycles. The highest BCUT2D eigenvalue weighted by atomic mass is 16.2. The lowest BCUT2D eigenvalue weighted by Crippen LogP contribution is -2.34. The number of amides is 1. The first kappa shape index (κ1) is 12.4. The molecular weight excluding hydrogens is 204 g/mol. The largest absolute Gasteiger partial charge is 0.348 e. The molecule has 1 rings (SSSR count). The number of hydrogen-bond donors (Lipinski definition) is 2. The zero-order chi connectivity index (χ0) is 12.0. The molecule has 4 heteroatoms. The third kappa shape index (κ3) is 3.82. The Balaban J connectivity index is 2.79. The van der Waals surface area contributed by atoms with Crippen LogP contribution in [0.4, 0.5) is 0 Å². The average molecular weight is 220 g/mol. The van der Waals surface area contributed by atoms with E-state index in [0.29, 0.717) is 0 Å². The number of carbonyl (C=O) groups is 2. The molecule has 0 bridgehead atoms. The lowest BCUT2D eigenvalue weighted by Gasteiger charge is -2.17. The fourth-order valence-electron chi connectivity index (χ4n) is 1.48. The maximum atomic E-state index is 11.2. The summed E-state index contributed by atoms with van der Waals surface area (Å²) in [5.41, 5.74) is 6.15. The number of nitrogens with one attached hydrogen (secondary N) is 1. The summed E-state index contributed by atoms with van der Waals surface area (Å²) in [5, 5.41) is 2.73. The van der Waals surface area contributed by atoms with Gasteiger partial charge >= 0.3 is 0 Å². The van der Waals surface area contributed by atoms with E-state index in [-0.39, 0.29) is 30.7 Å². The van der Waals surface area contributed by atoms with E-state index in [0.717, 1.165) is 5.56 Å². The molecule has 86 valence electrons. The predicted molar refractivity (Wildman–Crippen MR) is 61.7 cm³/mol. The van der Waals surface area contributed by atoms with E-state index in [9.17, 15) is 9.59 Å². The molecule has 0 aliphatic heterocycles. The fraction of sp³-hybridized carbons (Fsp3) is 0.333. The number of hydrogen-bond acceptors (Lipinski definition) is 3. The van der Waals surface area contributed by atoms with Crippen molar-refractivity contribution in [3.8, 4) is 0 Å². The van der Waals surface area contributed by atoms with E-state index in [1.165, 1.54) is 6.92 Å². The fourth-order valence-corrected chi connectivity index (χ4v) is 1.48. The van der Waals surface area contributed by atoms with Crippen molar-refractivity contribution < 1.29 is 9.59 Å². The molecule has 1 amide bonds. The minimum absolute atomic E-state index is 0.0335. The minimum atomic E-state index is -0.283. The molecule has 1 aromatic carbocycles. The molecule has 0 aliphatic carbocycles. The van der Waals surface area contributed by atoms with Gasteiger partial charge in [-0.2, -0.15) is 0 Å². The summed E-state index contributed by atoms with van der Waals surface area (Å²) in [7, 11) is 0. The van der Waals surface area contributed by atoms with Gasteiger partial charge < -0.3 is 11.1 Å². The van der Waals surface area contributed by atoms with Crippen LogP contribution in [0.2, 0.25) is 0 Å². The van der Waals surface area contributed by atoms with Crippen LogP contribution in [0, 0.1) is 0 Å². The van der Waals surface area contributed by atoms with Crippen molar-refractivity contribution in [2.45, 2.75) is 19.4 Å². The molecule has 1 atom stereocenters. The van der Waals surface area contributed by atoms with Crippen molar-refractivity contribution in [1.82, 2.24) is 5.32 Å². The molecule has 0 fully saturated rings. The highest BCUT2D eigenvalue weighted by Crippen LogP contribution is 2.16.